The first-order chi connectivity index (χ1) is 10.7. The van der Waals surface area contributed by atoms with Crippen molar-refractivity contribution in [1.29, 1.82) is 0 Å². The van der Waals surface area contributed by atoms with Gasteiger partial charge in [-0.1, -0.05) is 37.3 Å². The van der Waals surface area contributed by atoms with E-state index in [2.05, 4.69) is 35.2 Å². The second kappa shape index (κ2) is 7.59. The first-order valence-corrected chi connectivity index (χ1v) is 7.58. The Balaban J connectivity index is 2.16. The maximum atomic E-state index is 12.0. The number of aryl methyl sites for hydroxylation is 1. The molecule has 0 fully saturated rings. The predicted molar refractivity (Wildman–Crippen MR) is 88.4 cm³/mol. The molecule has 0 saturated heterocycles. The maximum absolute atomic E-state index is 12.0. The number of rotatable bonds is 7. The van der Waals surface area contributed by atoms with Crippen LogP contribution in [0.3, 0.4) is 0 Å². The maximum Gasteiger partial charge on any atom is 0.222 e. The fourth-order valence-corrected chi connectivity index (χ4v) is 2.41. The van der Waals surface area contributed by atoms with Gasteiger partial charge in [0.15, 0.2) is 0 Å². The molecule has 2 aromatic rings. The van der Waals surface area contributed by atoms with Crippen LogP contribution in [0.1, 0.15) is 30.3 Å². The fourth-order valence-electron chi connectivity index (χ4n) is 2.41. The van der Waals surface area contributed by atoms with Crippen LogP contribution in [-0.2, 0) is 17.9 Å². The Morgan fingerprint density at radius 2 is 2.18 bits per heavy atom. The molecule has 22 heavy (non-hydrogen) atoms. The number of imidazole rings is 1. The van der Waals surface area contributed by atoms with E-state index in [1.807, 2.05) is 25.3 Å². The van der Waals surface area contributed by atoms with Crippen molar-refractivity contribution < 1.29 is 4.79 Å². The van der Waals surface area contributed by atoms with Gasteiger partial charge in [-0.3, -0.25) is 4.79 Å². The van der Waals surface area contributed by atoms with Gasteiger partial charge in [-0.05, 0) is 18.1 Å². The Morgan fingerprint density at radius 3 is 2.86 bits per heavy atom. The number of carbonyl (C=O) groups is 1. The average molecular weight is 297 g/mol. The number of hydrogen-bond acceptors (Lipinski definition) is 2. The summed E-state index contributed by atoms with van der Waals surface area (Å²) >= 11 is 0. The smallest absolute Gasteiger partial charge is 0.222 e. The zero-order valence-electron chi connectivity index (χ0n) is 13.3. The minimum atomic E-state index is 0.116. The molecule has 0 N–H and O–H groups in total. The van der Waals surface area contributed by atoms with Crippen LogP contribution in [0.5, 0.6) is 0 Å². The van der Waals surface area contributed by atoms with E-state index >= 15 is 0 Å². The third-order valence-corrected chi connectivity index (χ3v) is 3.74. The first kappa shape index (κ1) is 16.0. The van der Waals surface area contributed by atoms with Crippen LogP contribution in [0.4, 0.5) is 0 Å². The van der Waals surface area contributed by atoms with E-state index in [0.717, 1.165) is 12.4 Å². The zero-order valence-corrected chi connectivity index (χ0v) is 13.3. The fraction of sp³-hybridized carbons (Fsp3) is 0.333. The van der Waals surface area contributed by atoms with Gasteiger partial charge in [0.05, 0.1) is 6.54 Å². The summed E-state index contributed by atoms with van der Waals surface area (Å²) in [6.45, 7) is 9.53. The summed E-state index contributed by atoms with van der Waals surface area (Å²) in [4.78, 5) is 18.2. The molecule has 1 aromatic heterocycles. The van der Waals surface area contributed by atoms with Crippen LogP contribution < -0.4 is 0 Å². The Morgan fingerprint density at radius 1 is 1.41 bits per heavy atom. The summed E-state index contributed by atoms with van der Waals surface area (Å²) < 4.78 is 2.10. The zero-order chi connectivity index (χ0) is 15.9. The molecule has 0 atom stereocenters. The topological polar surface area (TPSA) is 38.1 Å². The Hall–Kier alpha value is -2.36. The van der Waals surface area contributed by atoms with Crippen molar-refractivity contribution in [2.24, 2.45) is 0 Å². The standard InChI is InChI=1S/C18H23N3O/c1-4-11-21(18(22)5-2)14-17-19-10-12-20(17)13-16-9-7-6-8-15(16)3/h4,6-10,12H,1,5,11,13-14H2,2-3H3. The Labute approximate surface area is 132 Å². The molecule has 116 valence electrons. The molecule has 0 bridgehead atoms. The first-order valence-electron chi connectivity index (χ1n) is 7.58. The molecular weight excluding hydrogens is 274 g/mol. The summed E-state index contributed by atoms with van der Waals surface area (Å²) in [5, 5.41) is 0. The van der Waals surface area contributed by atoms with E-state index in [4.69, 9.17) is 0 Å². The van der Waals surface area contributed by atoms with Gasteiger partial charge in [-0.2, -0.15) is 0 Å². The second-order valence-electron chi connectivity index (χ2n) is 5.31. The predicted octanol–water partition coefficient (Wildman–Crippen LogP) is 3.16. The van der Waals surface area contributed by atoms with Crippen molar-refractivity contribution in [1.82, 2.24) is 14.5 Å². The normalized spacial score (nSPS) is 10.5. The van der Waals surface area contributed by atoms with Crippen LogP contribution in [0.25, 0.3) is 0 Å². The van der Waals surface area contributed by atoms with E-state index in [9.17, 15) is 4.79 Å². The molecule has 4 nitrogen and oxygen atoms in total. The van der Waals surface area contributed by atoms with Crippen molar-refractivity contribution in [3.8, 4) is 0 Å². The van der Waals surface area contributed by atoms with Gasteiger partial charge in [0.25, 0.3) is 0 Å². The van der Waals surface area contributed by atoms with E-state index in [-0.39, 0.29) is 5.91 Å². The van der Waals surface area contributed by atoms with Gasteiger partial charge in [-0.25, -0.2) is 4.98 Å². The number of benzene rings is 1. The highest BCUT2D eigenvalue weighted by Crippen LogP contribution is 2.12. The molecule has 0 aliphatic heterocycles. The van der Waals surface area contributed by atoms with Crippen LogP contribution in [0.2, 0.25) is 0 Å². The SMILES string of the molecule is C=CCN(Cc1nccn1Cc1ccccc1C)C(=O)CC. The number of amides is 1. The second-order valence-corrected chi connectivity index (χ2v) is 5.31. The van der Waals surface area contributed by atoms with Crippen molar-refractivity contribution >= 4 is 5.91 Å². The number of hydrogen-bond donors (Lipinski definition) is 0. The molecule has 1 aromatic carbocycles. The van der Waals surface area contributed by atoms with E-state index in [1.54, 1.807) is 17.2 Å². The lowest BCUT2D eigenvalue weighted by Gasteiger charge is -2.21. The lowest BCUT2D eigenvalue weighted by atomic mass is 10.1. The third kappa shape index (κ3) is 3.85. The molecule has 4 heteroatoms. The number of aromatic nitrogens is 2. The molecule has 1 amide bonds. The van der Waals surface area contributed by atoms with Crippen molar-refractivity contribution in [2.45, 2.75) is 33.4 Å². The minimum absolute atomic E-state index is 0.116. The van der Waals surface area contributed by atoms with E-state index in [0.29, 0.717) is 19.5 Å². The molecule has 0 spiro atoms. The molecule has 0 aliphatic rings. The van der Waals surface area contributed by atoms with Crippen LogP contribution in [0.15, 0.2) is 49.3 Å². The third-order valence-electron chi connectivity index (χ3n) is 3.74. The van der Waals surface area contributed by atoms with Crippen molar-refractivity contribution in [2.75, 3.05) is 6.54 Å². The summed E-state index contributed by atoms with van der Waals surface area (Å²) in [5.74, 6) is 1.01. The summed E-state index contributed by atoms with van der Waals surface area (Å²) in [7, 11) is 0. The summed E-state index contributed by atoms with van der Waals surface area (Å²) in [6.07, 6.45) is 5.99. The van der Waals surface area contributed by atoms with Gasteiger partial charge in [-0.15, -0.1) is 6.58 Å². The van der Waals surface area contributed by atoms with E-state index < -0.39 is 0 Å². The monoisotopic (exact) mass is 297 g/mol. The quantitative estimate of drug-likeness (QED) is 0.736. The lowest BCUT2D eigenvalue weighted by Crippen LogP contribution is -2.31. The number of carbonyl (C=O) groups excluding carboxylic acids is 1. The Kier molecular flexibility index (Phi) is 5.53. The van der Waals surface area contributed by atoms with Gasteiger partial charge in [0.2, 0.25) is 5.91 Å². The molecule has 0 saturated carbocycles. The summed E-state index contributed by atoms with van der Waals surface area (Å²) in [6, 6.07) is 8.32. The molecule has 1 heterocycles. The molecule has 0 radical (unpaired) electrons. The highest BCUT2D eigenvalue weighted by Gasteiger charge is 2.14. The molecule has 2 rings (SSSR count). The van der Waals surface area contributed by atoms with Gasteiger partial charge >= 0.3 is 0 Å². The largest absolute Gasteiger partial charge is 0.332 e. The molecular formula is C18H23N3O. The van der Waals surface area contributed by atoms with Crippen molar-refractivity contribution in [3.63, 3.8) is 0 Å². The minimum Gasteiger partial charge on any atom is -0.332 e. The van der Waals surface area contributed by atoms with Gasteiger partial charge < -0.3 is 9.47 Å². The van der Waals surface area contributed by atoms with Crippen LogP contribution in [0, 0.1) is 6.92 Å². The molecule has 0 aliphatic carbocycles. The average Bonchev–Trinajstić information content (AvgIpc) is 2.95. The number of nitrogens with zero attached hydrogens (tertiary/aromatic N) is 3. The summed E-state index contributed by atoms with van der Waals surface area (Å²) in [5.41, 5.74) is 2.52. The highest BCUT2D eigenvalue weighted by atomic mass is 16.2. The van der Waals surface area contributed by atoms with E-state index in [1.165, 1.54) is 11.1 Å². The van der Waals surface area contributed by atoms with Gasteiger partial charge in [0.1, 0.15) is 5.82 Å². The van der Waals surface area contributed by atoms with Crippen LogP contribution >= 0.6 is 0 Å². The van der Waals surface area contributed by atoms with Crippen LogP contribution in [-0.4, -0.2) is 26.9 Å². The molecule has 0 unspecified atom stereocenters. The highest BCUT2D eigenvalue weighted by molar-refractivity contribution is 5.75. The Bertz CT molecular complexity index is 645. The van der Waals surface area contributed by atoms with Gasteiger partial charge in [0, 0.05) is 31.9 Å². The van der Waals surface area contributed by atoms with Crippen molar-refractivity contribution in [3.05, 3.63) is 66.3 Å². The lowest BCUT2D eigenvalue weighted by molar-refractivity contribution is -0.131.